The third kappa shape index (κ3) is 6.09. The van der Waals surface area contributed by atoms with Gasteiger partial charge >= 0.3 is 0 Å². The topological polar surface area (TPSA) is 90.6 Å². The predicted octanol–water partition coefficient (Wildman–Crippen LogP) is 2.02. The predicted molar refractivity (Wildman–Crippen MR) is 86.1 cm³/mol. The number of nitrogen functional groups attached to an aromatic ring is 1. The van der Waals surface area contributed by atoms with Crippen molar-refractivity contribution < 1.29 is 17.9 Å². The van der Waals surface area contributed by atoms with Crippen LogP contribution in [-0.4, -0.2) is 41.9 Å². The van der Waals surface area contributed by atoms with Crippen molar-refractivity contribution in [3.63, 3.8) is 0 Å². The van der Waals surface area contributed by atoms with Gasteiger partial charge in [0, 0.05) is 31.0 Å². The van der Waals surface area contributed by atoms with Gasteiger partial charge < -0.3 is 15.2 Å². The average molecular weight is 402 g/mol. The molecule has 0 atom stereocenters. The molecule has 21 heavy (non-hydrogen) atoms. The Morgan fingerprint density at radius 1 is 1.33 bits per heavy atom. The van der Waals surface area contributed by atoms with Crippen LogP contribution in [0.1, 0.15) is 6.42 Å². The van der Waals surface area contributed by atoms with E-state index in [1.807, 2.05) is 0 Å². The van der Waals surface area contributed by atoms with Crippen molar-refractivity contribution in [1.29, 1.82) is 0 Å². The Morgan fingerprint density at radius 3 is 2.71 bits per heavy atom. The Bertz CT molecular complexity index is 569. The molecule has 0 saturated carbocycles. The van der Waals surface area contributed by atoms with E-state index in [4.69, 9.17) is 26.8 Å². The monoisotopic (exact) mass is 400 g/mol. The smallest absolute Gasteiger partial charge is 0.241 e. The van der Waals surface area contributed by atoms with Crippen LogP contribution in [0.2, 0.25) is 5.02 Å². The Hall–Kier alpha value is -0.380. The lowest BCUT2D eigenvalue weighted by Crippen LogP contribution is -2.26. The first kappa shape index (κ1) is 18.7. The number of benzene rings is 1. The third-order valence-corrected chi connectivity index (χ3v) is 5.36. The molecule has 6 nitrogen and oxygen atoms in total. The average Bonchev–Trinajstić information content (AvgIpc) is 2.41. The van der Waals surface area contributed by atoms with Crippen molar-refractivity contribution >= 4 is 43.2 Å². The number of hydrogen-bond donors (Lipinski definition) is 2. The molecule has 1 aromatic rings. The third-order valence-electron chi connectivity index (χ3n) is 2.51. The molecule has 0 amide bonds. The van der Waals surface area contributed by atoms with Crippen molar-refractivity contribution in [3.8, 4) is 0 Å². The molecule has 0 fully saturated rings. The zero-order valence-corrected chi connectivity index (χ0v) is 14.7. The summed E-state index contributed by atoms with van der Waals surface area (Å²) >= 11 is 9.00. The van der Waals surface area contributed by atoms with Crippen LogP contribution >= 0.6 is 27.5 Å². The van der Waals surface area contributed by atoms with E-state index in [9.17, 15) is 8.42 Å². The van der Waals surface area contributed by atoms with Gasteiger partial charge in [-0.25, -0.2) is 13.1 Å². The minimum Gasteiger partial charge on any atom is -0.398 e. The second kappa shape index (κ2) is 8.92. The summed E-state index contributed by atoms with van der Waals surface area (Å²) in [6, 6.07) is 2.83. The van der Waals surface area contributed by atoms with Crippen molar-refractivity contribution in [2.45, 2.75) is 11.3 Å². The van der Waals surface area contributed by atoms with Gasteiger partial charge in [0.1, 0.15) is 0 Å². The minimum atomic E-state index is -3.67. The van der Waals surface area contributed by atoms with Crippen LogP contribution in [-0.2, 0) is 19.5 Å². The van der Waals surface area contributed by atoms with Gasteiger partial charge in [-0.2, -0.15) is 0 Å². The molecule has 9 heteroatoms. The van der Waals surface area contributed by atoms with Crippen LogP contribution in [0.25, 0.3) is 0 Å². The normalized spacial score (nSPS) is 11.8. The fourth-order valence-corrected chi connectivity index (χ4v) is 3.85. The Morgan fingerprint density at radius 2 is 2.05 bits per heavy atom. The van der Waals surface area contributed by atoms with E-state index in [1.165, 1.54) is 12.1 Å². The van der Waals surface area contributed by atoms with E-state index in [0.717, 1.165) is 0 Å². The van der Waals surface area contributed by atoms with Gasteiger partial charge in [0.05, 0.1) is 22.6 Å². The van der Waals surface area contributed by atoms with E-state index in [2.05, 4.69) is 20.7 Å². The van der Waals surface area contributed by atoms with Crippen LogP contribution in [0.4, 0.5) is 5.69 Å². The number of ether oxygens (including phenoxy) is 2. The number of anilines is 1. The highest BCUT2D eigenvalue weighted by molar-refractivity contribution is 9.10. The molecular weight excluding hydrogens is 384 g/mol. The number of nitrogens with two attached hydrogens (primary N) is 1. The van der Waals surface area contributed by atoms with Crippen LogP contribution in [0.15, 0.2) is 21.5 Å². The fourth-order valence-electron chi connectivity index (χ4n) is 1.48. The number of nitrogens with one attached hydrogen (secondary N) is 1. The van der Waals surface area contributed by atoms with Crippen LogP contribution in [0.5, 0.6) is 0 Å². The van der Waals surface area contributed by atoms with Gasteiger partial charge in [-0.05, 0) is 34.5 Å². The van der Waals surface area contributed by atoms with Crippen molar-refractivity contribution in [1.82, 2.24) is 4.72 Å². The largest absolute Gasteiger partial charge is 0.398 e. The quantitative estimate of drug-likeness (QED) is 0.488. The summed E-state index contributed by atoms with van der Waals surface area (Å²) in [4.78, 5) is 0.0211. The zero-order chi connectivity index (χ0) is 15.9. The summed E-state index contributed by atoms with van der Waals surface area (Å²) in [5.74, 6) is 0. The van der Waals surface area contributed by atoms with Crippen molar-refractivity contribution in [2.24, 2.45) is 0 Å². The molecule has 0 heterocycles. The second-order valence-corrected chi connectivity index (χ2v) is 7.13. The molecule has 0 radical (unpaired) electrons. The van der Waals surface area contributed by atoms with Crippen LogP contribution in [0.3, 0.4) is 0 Å². The molecule has 0 unspecified atom stereocenters. The maximum absolute atomic E-state index is 12.2. The van der Waals surface area contributed by atoms with Crippen LogP contribution < -0.4 is 10.5 Å². The van der Waals surface area contributed by atoms with Gasteiger partial charge in [-0.1, -0.05) is 11.6 Å². The van der Waals surface area contributed by atoms with Crippen LogP contribution in [0, 0.1) is 0 Å². The number of rotatable bonds is 9. The van der Waals surface area contributed by atoms with E-state index in [0.29, 0.717) is 30.7 Å². The molecule has 0 spiro atoms. The van der Waals surface area contributed by atoms with Crippen molar-refractivity contribution in [3.05, 3.63) is 21.6 Å². The summed E-state index contributed by atoms with van der Waals surface area (Å²) in [6.45, 7) is 1.71. The molecule has 0 aromatic heterocycles. The number of methoxy groups -OCH3 is 1. The molecule has 0 bridgehead atoms. The molecule has 0 saturated heterocycles. The molecule has 0 aliphatic heterocycles. The highest BCUT2D eigenvalue weighted by atomic mass is 79.9. The molecule has 0 aliphatic rings. The fraction of sp³-hybridized carbons (Fsp3) is 0.500. The first-order valence-corrected chi connectivity index (χ1v) is 8.84. The molecule has 1 aromatic carbocycles. The Kier molecular flexibility index (Phi) is 7.93. The summed E-state index contributed by atoms with van der Waals surface area (Å²) < 4.78 is 37.2. The van der Waals surface area contributed by atoms with Crippen molar-refractivity contribution in [2.75, 3.05) is 39.2 Å². The van der Waals surface area contributed by atoms with E-state index in [-0.39, 0.29) is 22.2 Å². The van der Waals surface area contributed by atoms with Gasteiger partial charge in [0.15, 0.2) is 0 Å². The minimum absolute atomic E-state index is 0.0211. The first-order chi connectivity index (χ1) is 9.88. The molecule has 3 N–H and O–H groups in total. The van der Waals surface area contributed by atoms with E-state index in [1.54, 1.807) is 7.11 Å². The molecule has 120 valence electrons. The maximum atomic E-state index is 12.2. The van der Waals surface area contributed by atoms with Gasteiger partial charge in [0.25, 0.3) is 0 Å². The summed E-state index contributed by atoms with van der Waals surface area (Å²) in [6.07, 6.45) is 0.552. The Balaban J connectivity index is 2.55. The lowest BCUT2D eigenvalue weighted by molar-refractivity contribution is 0.0699. The number of sulfonamides is 1. The zero-order valence-electron chi connectivity index (χ0n) is 11.6. The lowest BCUT2D eigenvalue weighted by Gasteiger charge is -2.11. The van der Waals surface area contributed by atoms with E-state index >= 15 is 0 Å². The SMILES string of the molecule is COCCOCCCNS(=O)(=O)c1cc(Cl)cc(N)c1Br. The first-order valence-electron chi connectivity index (χ1n) is 6.19. The highest BCUT2D eigenvalue weighted by Crippen LogP contribution is 2.31. The highest BCUT2D eigenvalue weighted by Gasteiger charge is 2.19. The van der Waals surface area contributed by atoms with E-state index < -0.39 is 10.0 Å². The molecule has 0 aliphatic carbocycles. The maximum Gasteiger partial charge on any atom is 0.241 e. The summed E-state index contributed by atoms with van der Waals surface area (Å²) in [5, 5.41) is 0.263. The molecule has 1 rings (SSSR count). The number of halogens is 2. The standard InChI is InChI=1S/C12H18BrClN2O4S/c1-19-5-6-20-4-2-3-16-21(17,18)11-8-9(14)7-10(15)12(11)13/h7-8,16H,2-6,15H2,1H3. The summed E-state index contributed by atoms with van der Waals surface area (Å²) in [7, 11) is -2.09. The summed E-state index contributed by atoms with van der Waals surface area (Å²) in [5.41, 5.74) is 5.95. The Labute approximate surface area is 138 Å². The molecular formula is C12H18BrClN2O4S. The van der Waals surface area contributed by atoms with Gasteiger partial charge in [0.2, 0.25) is 10.0 Å². The second-order valence-electron chi connectivity index (χ2n) is 4.16. The number of hydrogen-bond acceptors (Lipinski definition) is 5. The van der Waals surface area contributed by atoms with Gasteiger partial charge in [-0.15, -0.1) is 0 Å². The van der Waals surface area contributed by atoms with Gasteiger partial charge in [-0.3, -0.25) is 0 Å². The lowest BCUT2D eigenvalue weighted by atomic mass is 10.3.